The van der Waals surface area contributed by atoms with Crippen LogP contribution in [0.2, 0.25) is 0 Å². The van der Waals surface area contributed by atoms with Gasteiger partial charge in [-0.15, -0.1) is 0 Å². The Bertz CT molecular complexity index is 499. The molecule has 102 valence electrons. The highest BCUT2D eigenvalue weighted by molar-refractivity contribution is 5.85. The first-order chi connectivity index (χ1) is 9.13. The molecule has 2 fully saturated rings. The van der Waals surface area contributed by atoms with Gasteiger partial charge in [-0.3, -0.25) is 10.1 Å². The second-order valence-corrected chi connectivity index (χ2v) is 5.91. The number of hydrogen-bond donors (Lipinski definition) is 1. The van der Waals surface area contributed by atoms with Crippen molar-refractivity contribution in [2.75, 3.05) is 0 Å². The van der Waals surface area contributed by atoms with Gasteiger partial charge in [-0.2, -0.15) is 0 Å². The zero-order valence-corrected chi connectivity index (χ0v) is 11.9. The fourth-order valence-corrected chi connectivity index (χ4v) is 3.12. The molecular formula is C16H22N2O. The molecule has 1 N–H and O–H groups in total. The minimum atomic E-state index is -0.0163. The molecule has 3 nitrogen and oxygen atoms in total. The Morgan fingerprint density at radius 1 is 1.37 bits per heavy atom. The smallest absolute Gasteiger partial charge is 0.241 e. The van der Waals surface area contributed by atoms with E-state index in [0.717, 1.165) is 12.8 Å². The Balaban J connectivity index is 1.94. The molecular weight excluding hydrogens is 236 g/mol. The van der Waals surface area contributed by atoms with Gasteiger partial charge in [0.05, 0.1) is 6.04 Å². The molecule has 1 aromatic rings. The van der Waals surface area contributed by atoms with Crippen LogP contribution in [-0.4, -0.2) is 22.9 Å². The third-order valence-corrected chi connectivity index (χ3v) is 4.51. The summed E-state index contributed by atoms with van der Waals surface area (Å²) in [6.45, 7) is 6.42. The quantitative estimate of drug-likeness (QED) is 0.904. The van der Waals surface area contributed by atoms with Gasteiger partial charge in [-0.25, -0.2) is 0 Å². The molecule has 0 spiro atoms. The van der Waals surface area contributed by atoms with Gasteiger partial charge >= 0.3 is 0 Å². The number of rotatable bonds is 3. The lowest BCUT2D eigenvalue weighted by Crippen LogP contribution is -2.34. The van der Waals surface area contributed by atoms with Crippen molar-refractivity contribution < 1.29 is 4.79 Å². The fourth-order valence-electron chi connectivity index (χ4n) is 3.12. The lowest BCUT2D eigenvalue weighted by Gasteiger charge is -2.26. The lowest BCUT2D eigenvalue weighted by molar-refractivity contribution is -0.130. The molecule has 4 atom stereocenters. The van der Waals surface area contributed by atoms with E-state index in [1.54, 1.807) is 0 Å². The predicted molar refractivity (Wildman–Crippen MR) is 75.5 cm³/mol. The maximum Gasteiger partial charge on any atom is 0.241 e. The number of aryl methyl sites for hydroxylation is 1. The van der Waals surface area contributed by atoms with Crippen LogP contribution >= 0.6 is 0 Å². The van der Waals surface area contributed by atoms with E-state index < -0.39 is 0 Å². The molecule has 1 heterocycles. The van der Waals surface area contributed by atoms with Crippen molar-refractivity contribution in [2.45, 2.75) is 51.9 Å². The van der Waals surface area contributed by atoms with Crippen molar-refractivity contribution in [2.24, 2.45) is 5.92 Å². The van der Waals surface area contributed by atoms with Crippen molar-refractivity contribution in [3.8, 4) is 0 Å². The molecule has 19 heavy (non-hydrogen) atoms. The molecule has 0 aromatic heterocycles. The molecule has 1 aromatic carbocycles. The topological polar surface area (TPSA) is 32.3 Å². The largest absolute Gasteiger partial charge is 0.318 e. The average Bonchev–Trinajstić information content (AvgIpc) is 3.01. The first kappa shape index (κ1) is 12.7. The fraction of sp³-hybridized carbons (Fsp3) is 0.562. The summed E-state index contributed by atoms with van der Waals surface area (Å²) in [7, 11) is 0. The Hall–Kier alpha value is -1.35. The Morgan fingerprint density at radius 3 is 2.63 bits per heavy atom. The van der Waals surface area contributed by atoms with Crippen LogP contribution in [-0.2, 0) is 4.79 Å². The average molecular weight is 258 g/mol. The van der Waals surface area contributed by atoms with Crippen molar-refractivity contribution in [3.63, 3.8) is 0 Å². The monoisotopic (exact) mass is 258 g/mol. The summed E-state index contributed by atoms with van der Waals surface area (Å²) in [6.07, 6.45) is 2.07. The minimum Gasteiger partial charge on any atom is -0.318 e. The van der Waals surface area contributed by atoms with E-state index in [4.69, 9.17) is 0 Å². The van der Waals surface area contributed by atoms with Gasteiger partial charge in [0.1, 0.15) is 6.17 Å². The first-order valence-electron chi connectivity index (χ1n) is 7.27. The molecule has 4 unspecified atom stereocenters. The second-order valence-electron chi connectivity index (χ2n) is 5.91. The van der Waals surface area contributed by atoms with Gasteiger partial charge < -0.3 is 4.90 Å². The van der Waals surface area contributed by atoms with E-state index in [0.29, 0.717) is 12.0 Å². The molecule has 2 aliphatic rings. The third kappa shape index (κ3) is 2.06. The summed E-state index contributed by atoms with van der Waals surface area (Å²) >= 11 is 0. The van der Waals surface area contributed by atoms with E-state index in [2.05, 4.69) is 55.3 Å². The second kappa shape index (κ2) is 4.64. The van der Waals surface area contributed by atoms with Crippen molar-refractivity contribution >= 4 is 5.91 Å². The van der Waals surface area contributed by atoms with Crippen molar-refractivity contribution in [3.05, 3.63) is 35.4 Å². The van der Waals surface area contributed by atoms with Crippen LogP contribution in [0.25, 0.3) is 0 Å². The van der Waals surface area contributed by atoms with Gasteiger partial charge in [0.25, 0.3) is 0 Å². The summed E-state index contributed by atoms with van der Waals surface area (Å²) in [5, 5.41) is 3.52. The highest BCUT2D eigenvalue weighted by atomic mass is 16.2. The molecule has 1 saturated heterocycles. The zero-order valence-electron chi connectivity index (χ0n) is 11.9. The van der Waals surface area contributed by atoms with Crippen LogP contribution in [0, 0.1) is 12.8 Å². The summed E-state index contributed by atoms with van der Waals surface area (Å²) in [6, 6.07) is 8.78. The van der Waals surface area contributed by atoms with Gasteiger partial charge in [0.15, 0.2) is 0 Å². The van der Waals surface area contributed by atoms with Gasteiger partial charge in [0.2, 0.25) is 5.91 Å². The number of hydrogen-bond acceptors (Lipinski definition) is 2. The normalized spacial score (nSPS) is 33.8. The molecule has 3 rings (SSSR count). The molecule has 1 saturated carbocycles. The van der Waals surface area contributed by atoms with Crippen LogP contribution in [0.15, 0.2) is 24.3 Å². The highest BCUT2D eigenvalue weighted by Gasteiger charge is 2.49. The Kier molecular flexibility index (Phi) is 3.09. The SMILES string of the molecule is CCC1NC(c2ccccc2C)N(C2CC2C)C1=O. The molecule has 1 aliphatic heterocycles. The number of nitrogens with zero attached hydrogens (tertiary/aromatic N) is 1. The summed E-state index contributed by atoms with van der Waals surface area (Å²) < 4.78 is 0. The van der Waals surface area contributed by atoms with Gasteiger partial charge in [-0.05, 0) is 36.8 Å². The highest BCUT2D eigenvalue weighted by Crippen LogP contribution is 2.42. The third-order valence-electron chi connectivity index (χ3n) is 4.51. The molecule has 1 amide bonds. The molecule has 1 aliphatic carbocycles. The number of carbonyl (C=O) groups is 1. The van der Waals surface area contributed by atoms with E-state index in [1.807, 2.05) is 0 Å². The molecule has 0 radical (unpaired) electrons. The summed E-state index contributed by atoms with van der Waals surface area (Å²) in [4.78, 5) is 14.6. The number of benzene rings is 1. The molecule has 3 heteroatoms. The van der Waals surface area contributed by atoms with Crippen molar-refractivity contribution in [1.29, 1.82) is 0 Å². The Morgan fingerprint density at radius 2 is 2.05 bits per heavy atom. The minimum absolute atomic E-state index is 0.0163. The van der Waals surface area contributed by atoms with Gasteiger partial charge in [0, 0.05) is 6.04 Å². The standard InChI is InChI=1S/C16H22N2O/c1-4-13-16(19)18(14-9-11(14)3)15(17-13)12-8-6-5-7-10(12)2/h5-8,11,13-15,17H,4,9H2,1-3H3. The predicted octanol–water partition coefficient (Wildman–Crippen LogP) is 2.61. The van der Waals surface area contributed by atoms with E-state index >= 15 is 0 Å². The first-order valence-corrected chi connectivity index (χ1v) is 7.27. The van der Waals surface area contributed by atoms with Crippen LogP contribution in [0.3, 0.4) is 0 Å². The van der Waals surface area contributed by atoms with Gasteiger partial charge in [-0.1, -0.05) is 38.1 Å². The van der Waals surface area contributed by atoms with Crippen molar-refractivity contribution in [1.82, 2.24) is 10.2 Å². The number of amides is 1. The number of nitrogens with one attached hydrogen (secondary N) is 1. The maximum absolute atomic E-state index is 12.5. The van der Waals surface area contributed by atoms with Crippen LogP contribution in [0.4, 0.5) is 0 Å². The van der Waals surface area contributed by atoms with Crippen LogP contribution in [0.5, 0.6) is 0 Å². The van der Waals surface area contributed by atoms with E-state index in [9.17, 15) is 4.79 Å². The van der Waals surface area contributed by atoms with Crippen LogP contribution in [0.1, 0.15) is 44.0 Å². The number of carbonyl (C=O) groups excluding carboxylic acids is 1. The van der Waals surface area contributed by atoms with E-state index in [1.165, 1.54) is 11.1 Å². The summed E-state index contributed by atoms with van der Waals surface area (Å²) in [5.74, 6) is 0.929. The maximum atomic E-state index is 12.5. The molecule has 0 bridgehead atoms. The summed E-state index contributed by atoms with van der Waals surface area (Å²) in [5.41, 5.74) is 2.49. The lowest BCUT2D eigenvalue weighted by atomic mass is 10.1. The van der Waals surface area contributed by atoms with Crippen LogP contribution < -0.4 is 5.32 Å². The Labute approximate surface area is 115 Å². The van der Waals surface area contributed by atoms with E-state index in [-0.39, 0.29) is 18.1 Å². The zero-order chi connectivity index (χ0) is 13.6.